The first-order valence-electron chi connectivity index (χ1n) is 6.86. The second kappa shape index (κ2) is 7.67. The van der Waals surface area contributed by atoms with Crippen molar-refractivity contribution in [3.8, 4) is 0 Å². The molecule has 3 N–H and O–H groups in total. The van der Waals surface area contributed by atoms with Crippen molar-refractivity contribution in [3.05, 3.63) is 0 Å². The van der Waals surface area contributed by atoms with Gasteiger partial charge in [-0.15, -0.1) is 0 Å². The number of likely N-dealkylation sites (N-methyl/N-ethyl adjacent to an activating group) is 1. The summed E-state index contributed by atoms with van der Waals surface area (Å²) in [6.45, 7) is 3.69. The van der Waals surface area contributed by atoms with E-state index in [0.717, 1.165) is 25.6 Å². The standard InChI is InChI=1S/C13H27N3O/c1-3-11(14)10-13(17)15-8-9-16(2)12-6-4-5-7-12/h11-12H,3-10,14H2,1-2H3,(H,15,17). The van der Waals surface area contributed by atoms with Gasteiger partial charge in [0, 0.05) is 31.6 Å². The third-order valence-electron chi connectivity index (χ3n) is 3.71. The number of nitrogens with two attached hydrogens (primary N) is 1. The van der Waals surface area contributed by atoms with Crippen molar-refractivity contribution in [2.75, 3.05) is 20.1 Å². The van der Waals surface area contributed by atoms with Gasteiger partial charge in [0.05, 0.1) is 0 Å². The Kier molecular flexibility index (Phi) is 6.52. The van der Waals surface area contributed by atoms with E-state index < -0.39 is 0 Å². The minimum atomic E-state index is 0.00237. The molecule has 1 fully saturated rings. The van der Waals surface area contributed by atoms with Gasteiger partial charge in [-0.05, 0) is 26.3 Å². The number of carbonyl (C=O) groups is 1. The molecule has 0 heterocycles. The predicted octanol–water partition coefficient (Wildman–Crippen LogP) is 1.10. The van der Waals surface area contributed by atoms with Crippen LogP contribution < -0.4 is 11.1 Å². The number of carbonyl (C=O) groups excluding carboxylic acids is 1. The molecule has 4 heteroatoms. The SMILES string of the molecule is CCC(N)CC(=O)NCCN(C)C1CCCC1. The molecule has 1 amide bonds. The molecule has 1 unspecified atom stereocenters. The molecule has 4 nitrogen and oxygen atoms in total. The Hall–Kier alpha value is -0.610. The van der Waals surface area contributed by atoms with Crippen molar-refractivity contribution in [1.29, 1.82) is 0 Å². The van der Waals surface area contributed by atoms with Crippen LogP contribution in [0.3, 0.4) is 0 Å². The predicted molar refractivity (Wildman–Crippen MR) is 70.8 cm³/mol. The first kappa shape index (κ1) is 14.5. The smallest absolute Gasteiger partial charge is 0.221 e. The van der Waals surface area contributed by atoms with Crippen molar-refractivity contribution in [2.24, 2.45) is 5.73 Å². The minimum Gasteiger partial charge on any atom is -0.355 e. The summed E-state index contributed by atoms with van der Waals surface area (Å²) in [5.41, 5.74) is 5.73. The Labute approximate surface area is 105 Å². The van der Waals surface area contributed by atoms with E-state index in [-0.39, 0.29) is 11.9 Å². The highest BCUT2D eigenvalue weighted by Gasteiger charge is 2.19. The van der Waals surface area contributed by atoms with Gasteiger partial charge in [-0.1, -0.05) is 19.8 Å². The van der Waals surface area contributed by atoms with Gasteiger partial charge >= 0.3 is 0 Å². The molecule has 0 bridgehead atoms. The third-order valence-corrected chi connectivity index (χ3v) is 3.71. The van der Waals surface area contributed by atoms with Crippen LogP contribution in [0.1, 0.15) is 45.4 Å². The van der Waals surface area contributed by atoms with Crippen molar-refractivity contribution >= 4 is 5.91 Å². The topological polar surface area (TPSA) is 58.4 Å². The van der Waals surface area contributed by atoms with Gasteiger partial charge in [0.1, 0.15) is 0 Å². The zero-order valence-electron chi connectivity index (χ0n) is 11.2. The Morgan fingerprint density at radius 2 is 2.12 bits per heavy atom. The normalized spacial score (nSPS) is 18.6. The van der Waals surface area contributed by atoms with E-state index in [0.29, 0.717) is 6.42 Å². The Morgan fingerprint density at radius 3 is 2.71 bits per heavy atom. The van der Waals surface area contributed by atoms with Crippen LogP contribution in [-0.2, 0) is 4.79 Å². The van der Waals surface area contributed by atoms with Gasteiger partial charge in [0.2, 0.25) is 5.91 Å². The maximum atomic E-state index is 11.5. The lowest BCUT2D eigenvalue weighted by Crippen LogP contribution is -2.38. The quantitative estimate of drug-likeness (QED) is 0.702. The highest BCUT2D eigenvalue weighted by molar-refractivity contribution is 5.76. The number of nitrogens with zero attached hydrogens (tertiary/aromatic N) is 1. The van der Waals surface area contributed by atoms with Gasteiger partial charge in [-0.25, -0.2) is 0 Å². The molecular weight excluding hydrogens is 214 g/mol. The van der Waals surface area contributed by atoms with E-state index in [4.69, 9.17) is 5.73 Å². The number of rotatable bonds is 7. The molecule has 1 rings (SSSR count). The molecule has 0 spiro atoms. The van der Waals surface area contributed by atoms with Gasteiger partial charge in [-0.2, -0.15) is 0 Å². The molecule has 0 saturated heterocycles. The molecule has 1 aliphatic rings. The molecule has 0 aliphatic heterocycles. The summed E-state index contributed by atoms with van der Waals surface area (Å²) in [4.78, 5) is 13.9. The van der Waals surface area contributed by atoms with Crippen LogP contribution in [0.5, 0.6) is 0 Å². The van der Waals surface area contributed by atoms with Crippen molar-refractivity contribution in [3.63, 3.8) is 0 Å². The summed E-state index contributed by atoms with van der Waals surface area (Å²) in [5, 5.41) is 2.94. The van der Waals surface area contributed by atoms with Crippen LogP contribution in [-0.4, -0.2) is 43.0 Å². The summed E-state index contributed by atoms with van der Waals surface area (Å²) < 4.78 is 0. The Morgan fingerprint density at radius 1 is 1.47 bits per heavy atom. The summed E-state index contributed by atoms with van der Waals surface area (Å²) in [6, 6.07) is 0.729. The Bertz CT molecular complexity index is 227. The monoisotopic (exact) mass is 241 g/mol. The molecule has 0 aromatic carbocycles. The first-order chi connectivity index (χ1) is 8.13. The maximum Gasteiger partial charge on any atom is 0.221 e. The maximum absolute atomic E-state index is 11.5. The molecule has 1 aliphatic carbocycles. The minimum absolute atomic E-state index is 0.00237. The van der Waals surface area contributed by atoms with Gasteiger partial charge in [-0.3, -0.25) is 4.79 Å². The van der Waals surface area contributed by atoms with Gasteiger partial charge in [0.25, 0.3) is 0 Å². The second-order valence-electron chi connectivity index (χ2n) is 5.14. The largest absolute Gasteiger partial charge is 0.355 e. The van der Waals surface area contributed by atoms with E-state index in [1.165, 1.54) is 25.7 Å². The van der Waals surface area contributed by atoms with E-state index in [1.54, 1.807) is 0 Å². The third kappa shape index (κ3) is 5.50. The summed E-state index contributed by atoms with van der Waals surface area (Å²) in [5.74, 6) is 0.0826. The van der Waals surface area contributed by atoms with Crippen LogP contribution in [0.4, 0.5) is 0 Å². The fourth-order valence-electron chi connectivity index (χ4n) is 2.35. The molecule has 0 radical (unpaired) electrons. The summed E-state index contributed by atoms with van der Waals surface area (Å²) in [7, 11) is 2.15. The average molecular weight is 241 g/mol. The first-order valence-corrected chi connectivity index (χ1v) is 6.86. The fraction of sp³-hybridized carbons (Fsp3) is 0.923. The highest BCUT2D eigenvalue weighted by Crippen LogP contribution is 2.21. The number of hydrogen-bond acceptors (Lipinski definition) is 3. The Balaban J connectivity index is 2.08. The van der Waals surface area contributed by atoms with Crippen LogP contribution in [0, 0.1) is 0 Å². The molecule has 1 atom stereocenters. The molecule has 1 saturated carbocycles. The van der Waals surface area contributed by atoms with E-state index in [2.05, 4.69) is 17.3 Å². The molecule has 17 heavy (non-hydrogen) atoms. The fourth-order valence-corrected chi connectivity index (χ4v) is 2.35. The zero-order chi connectivity index (χ0) is 12.7. The van der Waals surface area contributed by atoms with Gasteiger partial charge < -0.3 is 16.0 Å². The lowest BCUT2D eigenvalue weighted by molar-refractivity contribution is -0.121. The number of amides is 1. The van der Waals surface area contributed by atoms with E-state index in [1.807, 2.05) is 6.92 Å². The second-order valence-corrected chi connectivity index (χ2v) is 5.14. The van der Waals surface area contributed by atoms with Crippen LogP contribution in [0.2, 0.25) is 0 Å². The van der Waals surface area contributed by atoms with E-state index >= 15 is 0 Å². The zero-order valence-corrected chi connectivity index (χ0v) is 11.2. The number of nitrogens with one attached hydrogen (secondary N) is 1. The summed E-state index contributed by atoms with van der Waals surface area (Å²) in [6.07, 6.45) is 6.63. The molecule has 0 aromatic rings. The van der Waals surface area contributed by atoms with Crippen LogP contribution in [0.15, 0.2) is 0 Å². The lowest BCUT2D eigenvalue weighted by atomic mass is 10.1. The van der Waals surface area contributed by atoms with E-state index in [9.17, 15) is 4.79 Å². The lowest BCUT2D eigenvalue weighted by Gasteiger charge is -2.24. The molecule has 0 aromatic heterocycles. The van der Waals surface area contributed by atoms with Crippen molar-refractivity contribution in [1.82, 2.24) is 10.2 Å². The van der Waals surface area contributed by atoms with Crippen LogP contribution >= 0.6 is 0 Å². The van der Waals surface area contributed by atoms with Crippen molar-refractivity contribution in [2.45, 2.75) is 57.5 Å². The molecular formula is C13H27N3O. The molecule has 100 valence electrons. The summed E-state index contributed by atoms with van der Waals surface area (Å²) >= 11 is 0. The number of hydrogen-bond donors (Lipinski definition) is 2. The highest BCUT2D eigenvalue weighted by atomic mass is 16.1. The van der Waals surface area contributed by atoms with Crippen molar-refractivity contribution < 1.29 is 4.79 Å². The average Bonchev–Trinajstić information content (AvgIpc) is 2.82. The van der Waals surface area contributed by atoms with Crippen LogP contribution in [0.25, 0.3) is 0 Å². The van der Waals surface area contributed by atoms with Gasteiger partial charge in [0.15, 0.2) is 0 Å².